The summed E-state index contributed by atoms with van der Waals surface area (Å²) in [6.45, 7) is 0. The molecule has 0 atom stereocenters. The van der Waals surface area contributed by atoms with Crippen molar-refractivity contribution >= 4 is 11.9 Å². The lowest BCUT2D eigenvalue weighted by atomic mass is 9.68. The van der Waals surface area contributed by atoms with E-state index in [1.807, 2.05) is 0 Å². The molecule has 4 heteroatoms. The molecule has 0 aromatic heterocycles. The first-order valence-corrected chi connectivity index (χ1v) is 7.08. The van der Waals surface area contributed by atoms with Gasteiger partial charge in [0.05, 0.1) is 7.11 Å². The van der Waals surface area contributed by atoms with E-state index in [4.69, 9.17) is 4.74 Å². The fourth-order valence-electron chi connectivity index (χ4n) is 3.00. The van der Waals surface area contributed by atoms with Crippen LogP contribution in [0.4, 0.5) is 0 Å². The Morgan fingerprint density at radius 3 is 2.11 bits per heavy atom. The third-order valence-corrected chi connectivity index (χ3v) is 4.41. The van der Waals surface area contributed by atoms with Gasteiger partial charge >= 0.3 is 5.97 Å². The normalized spacial score (nSPS) is 23.6. The Balaban J connectivity index is 1.95. The predicted octanol–water partition coefficient (Wildman–Crippen LogP) is 2.17. The lowest BCUT2D eigenvalue weighted by Gasteiger charge is -2.38. The zero-order valence-electron chi connectivity index (χ0n) is 11.2. The predicted molar refractivity (Wildman–Crippen MR) is 67.9 cm³/mol. The highest BCUT2D eigenvalue weighted by Gasteiger charge is 2.52. The Morgan fingerprint density at radius 2 is 1.67 bits per heavy atom. The largest absolute Gasteiger partial charge is 0.468 e. The van der Waals surface area contributed by atoms with E-state index in [1.165, 1.54) is 32.8 Å². The van der Waals surface area contributed by atoms with Crippen LogP contribution in [0.1, 0.15) is 57.8 Å². The summed E-state index contributed by atoms with van der Waals surface area (Å²) >= 11 is 0. The number of rotatable bonds is 3. The van der Waals surface area contributed by atoms with E-state index in [0.717, 1.165) is 19.3 Å². The van der Waals surface area contributed by atoms with Crippen molar-refractivity contribution in [2.24, 2.45) is 5.41 Å². The highest BCUT2D eigenvalue weighted by molar-refractivity contribution is 6.03. The summed E-state index contributed by atoms with van der Waals surface area (Å²) in [5.74, 6) is -0.465. The summed E-state index contributed by atoms with van der Waals surface area (Å²) in [7, 11) is 1.36. The van der Waals surface area contributed by atoms with Crippen LogP contribution in [0, 0.1) is 5.41 Å². The van der Waals surface area contributed by atoms with Crippen LogP contribution in [0.5, 0.6) is 0 Å². The van der Waals surface area contributed by atoms with Gasteiger partial charge in [-0.15, -0.1) is 0 Å². The van der Waals surface area contributed by atoms with Crippen molar-refractivity contribution in [1.82, 2.24) is 5.32 Å². The summed E-state index contributed by atoms with van der Waals surface area (Å²) in [6.07, 6.45) is 9.17. The van der Waals surface area contributed by atoms with E-state index in [0.29, 0.717) is 12.8 Å². The van der Waals surface area contributed by atoms with Crippen molar-refractivity contribution < 1.29 is 14.3 Å². The van der Waals surface area contributed by atoms with Crippen LogP contribution in [-0.2, 0) is 14.3 Å². The molecule has 1 N–H and O–H groups in total. The van der Waals surface area contributed by atoms with Crippen molar-refractivity contribution in [2.75, 3.05) is 7.11 Å². The molecule has 0 aromatic carbocycles. The lowest BCUT2D eigenvalue weighted by molar-refractivity contribution is -0.165. The molecule has 2 aliphatic carbocycles. The molecule has 0 bridgehead atoms. The Bertz CT molecular complexity index is 315. The van der Waals surface area contributed by atoms with Crippen LogP contribution in [0.25, 0.3) is 0 Å². The second-order valence-corrected chi connectivity index (χ2v) is 5.59. The fourth-order valence-corrected chi connectivity index (χ4v) is 3.00. The van der Waals surface area contributed by atoms with Crippen molar-refractivity contribution in [1.29, 1.82) is 0 Å². The van der Waals surface area contributed by atoms with Crippen molar-refractivity contribution in [3.05, 3.63) is 0 Å². The van der Waals surface area contributed by atoms with Gasteiger partial charge in [0.15, 0.2) is 0 Å². The molecule has 18 heavy (non-hydrogen) atoms. The SMILES string of the molecule is COC(=O)C1(C(=O)NC2CCCCCC2)CCC1. The molecule has 0 heterocycles. The van der Waals surface area contributed by atoms with Crippen molar-refractivity contribution in [3.63, 3.8) is 0 Å². The average molecular weight is 253 g/mol. The minimum absolute atomic E-state index is 0.104. The number of hydrogen-bond acceptors (Lipinski definition) is 3. The minimum atomic E-state index is -0.874. The highest BCUT2D eigenvalue weighted by Crippen LogP contribution is 2.42. The van der Waals surface area contributed by atoms with Gasteiger partial charge in [-0.05, 0) is 25.7 Å². The first kappa shape index (κ1) is 13.4. The molecule has 4 nitrogen and oxygen atoms in total. The zero-order valence-corrected chi connectivity index (χ0v) is 11.2. The maximum absolute atomic E-state index is 12.3. The molecule has 0 unspecified atom stereocenters. The van der Waals surface area contributed by atoms with Gasteiger partial charge in [-0.1, -0.05) is 32.1 Å². The molecule has 0 aromatic rings. The van der Waals surface area contributed by atoms with Crippen LogP contribution >= 0.6 is 0 Å². The third kappa shape index (κ3) is 2.52. The van der Waals surface area contributed by atoms with E-state index >= 15 is 0 Å². The summed E-state index contributed by atoms with van der Waals surface area (Å²) in [5.41, 5.74) is -0.874. The van der Waals surface area contributed by atoms with E-state index in [-0.39, 0.29) is 17.9 Å². The van der Waals surface area contributed by atoms with Gasteiger partial charge in [-0.2, -0.15) is 0 Å². The Hall–Kier alpha value is -1.06. The van der Waals surface area contributed by atoms with E-state index < -0.39 is 5.41 Å². The first-order chi connectivity index (χ1) is 8.69. The quantitative estimate of drug-likeness (QED) is 0.476. The van der Waals surface area contributed by atoms with E-state index in [1.54, 1.807) is 0 Å². The number of carbonyl (C=O) groups excluding carboxylic acids is 2. The van der Waals surface area contributed by atoms with Gasteiger partial charge in [0, 0.05) is 6.04 Å². The molecule has 2 fully saturated rings. The van der Waals surface area contributed by atoms with Gasteiger partial charge in [0.25, 0.3) is 0 Å². The molecule has 0 saturated heterocycles. The van der Waals surface area contributed by atoms with E-state index in [2.05, 4.69) is 5.32 Å². The molecule has 2 saturated carbocycles. The van der Waals surface area contributed by atoms with Crippen LogP contribution in [0.15, 0.2) is 0 Å². The maximum Gasteiger partial charge on any atom is 0.321 e. The van der Waals surface area contributed by atoms with Gasteiger partial charge in [-0.3, -0.25) is 9.59 Å². The van der Waals surface area contributed by atoms with Crippen LogP contribution in [0.2, 0.25) is 0 Å². The fraction of sp³-hybridized carbons (Fsp3) is 0.857. The first-order valence-electron chi connectivity index (χ1n) is 7.08. The Kier molecular flexibility index (Phi) is 4.25. The molecular weight excluding hydrogens is 230 g/mol. The molecule has 102 valence electrons. The monoisotopic (exact) mass is 253 g/mol. The van der Waals surface area contributed by atoms with Gasteiger partial charge in [0.1, 0.15) is 5.41 Å². The molecule has 1 amide bonds. The maximum atomic E-state index is 12.3. The number of methoxy groups -OCH3 is 1. The van der Waals surface area contributed by atoms with E-state index in [9.17, 15) is 9.59 Å². The second kappa shape index (κ2) is 5.72. The average Bonchev–Trinajstić information content (AvgIpc) is 2.55. The lowest BCUT2D eigenvalue weighted by Crippen LogP contribution is -2.53. The molecule has 0 aliphatic heterocycles. The molecule has 0 radical (unpaired) electrons. The Morgan fingerprint density at radius 1 is 1.06 bits per heavy atom. The van der Waals surface area contributed by atoms with Crippen LogP contribution < -0.4 is 5.32 Å². The summed E-state index contributed by atoms with van der Waals surface area (Å²) in [5, 5.41) is 3.08. The number of amides is 1. The summed E-state index contributed by atoms with van der Waals surface area (Å²) < 4.78 is 4.79. The summed E-state index contributed by atoms with van der Waals surface area (Å²) in [4.78, 5) is 24.1. The number of nitrogens with one attached hydrogen (secondary N) is 1. The molecule has 2 rings (SSSR count). The van der Waals surface area contributed by atoms with Crippen LogP contribution in [-0.4, -0.2) is 25.0 Å². The van der Waals surface area contributed by atoms with Gasteiger partial charge in [0.2, 0.25) is 5.91 Å². The number of ether oxygens (including phenoxy) is 1. The van der Waals surface area contributed by atoms with Crippen molar-refractivity contribution in [3.8, 4) is 0 Å². The number of carbonyl (C=O) groups is 2. The molecular formula is C14H23NO3. The summed E-state index contributed by atoms with van der Waals surface area (Å²) in [6, 6.07) is 0.252. The zero-order chi connectivity index (χ0) is 13.0. The topological polar surface area (TPSA) is 55.4 Å². The minimum Gasteiger partial charge on any atom is -0.468 e. The number of esters is 1. The smallest absolute Gasteiger partial charge is 0.321 e. The standard InChI is InChI=1S/C14H23NO3/c1-18-13(17)14(9-6-10-14)12(16)15-11-7-4-2-3-5-8-11/h11H,2-10H2,1H3,(H,15,16). The second-order valence-electron chi connectivity index (χ2n) is 5.59. The third-order valence-electron chi connectivity index (χ3n) is 4.41. The van der Waals surface area contributed by atoms with Crippen molar-refractivity contribution in [2.45, 2.75) is 63.8 Å². The van der Waals surface area contributed by atoms with Gasteiger partial charge < -0.3 is 10.1 Å². The molecule has 2 aliphatic rings. The number of hydrogen-bond donors (Lipinski definition) is 1. The highest BCUT2D eigenvalue weighted by atomic mass is 16.5. The van der Waals surface area contributed by atoms with Gasteiger partial charge in [-0.25, -0.2) is 0 Å². The Labute approximate surface area is 108 Å². The van der Waals surface area contributed by atoms with Crippen LogP contribution in [0.3, 0.4) is 0 Å². The molecule has 0 spiro atoms.